The number of aliphatic hydroxyl groups excluding tert-OH is 1. The van der Waals surface area contributed by atoms with Crippen LogP contribution in [0, 0.1) is 11.8 Å². The van der Waals surface area contributed by atoms with E-state index in [0.29, 0.717) is 38.3 Å². The van der Waals surface area contributed by atoms with Crippen LogP contribution < -0.4 is 10.6 Å². The topological polar surface area (TPSA) is 128 Å². The molecule has 0 aliphatic carbocycles. The maximum absolute atomic E-state index is 13.9. The van der Waals surface area contributed by atoms with Crippen molar-refractivity contribution < 1.29 is 51.0 Å². The van der Waals surface area contributed by atoms with Gasteiger partial charge < -0.3 is 30.3 Å². The van der Waals surface area contributed by atoms with Gasteiger partial charge in [-0.25, -0.2) is 0 Å². The lowest BCUT2D eigenvalue weighted by atomic mass is 9.93. The number of carbonyl (C=O) groups is 4. The van der Waals surface area contributed by atoms with Gasteiger partial charge in [0.15, 0.2) is 0 Å². The summed E-state index contributed by atoms with van der Waals surface area (Å²) in [6, 6.07) is 1.63. The van der Waals surface area contributed by atoms with Crippen LogP contribution in [0.2, 0.25) is 0 Å². The molecule has 0 unspecified atom stereocenters. The van der Waals surface area contributed by atoms with E-state index in [-0.39, 0.29) is 24.4 Å². The van der Waals surface area contributed by atoms with E-state index in [1.165, 1.54) is 38.1 Å². The van der Waals surface area contributed by atoms with Crippen molar-refractivity contribution >= 4 is 23.6 Å². The molecule has 1 aromatic rings. The number of hydrogen-bond donors (Lipinski definition) is 3. The summed E-state index contributed by atoms with van der Waals surface area (Å²) >= 11 is 0. The number of nitrogens with zero attached hydrogens (tertiary/aromatic N) is 2. The van der Waals surface area contributed by atoms with E-state index < -0.39 is 65.9 Å². The molecule has 0 aromatic heterocycles. The van der Waals surface area contributed by atoms with Crippen LogP contribution in [-0.2, 0) is 14.3 Å². The third-order valence-corrected chi connectivity index (χ3v) is 7.87. The fraction of sp³-hybridized carbons (Fsp3) is 0.655. The number of halogens is 5. The molecule has 15 heteroatoms. The predicted molar refractivity (Wildman–Crippen MR) is 148 cm³/mol. The van der Waals surface area contributed by atoms with E-state index in [0.717, 1.165) is 4.90 Å². The molecular weight excluding hydrogens is 595 g/mol. The molecule has 2 saturated heterocycles. The minimum Gasteiger partial charge on any atom is -0.384 e. The molecular formula is C29H39F5N4O6. The van der Waals surface area contributed by atoms with Gasteiger partial charge in [-0.1, -0.05) is 27.7 Å². The van der Waals surface area contributed by atoms with Crippen molar-refractivity contribution in [1.29, 1.82) is 0 Å². The Bertz CT molecular complexity index is 1190. The Balaban J connectivity index is 1.71. The van der Waals surface area contributed by atoms with Crippen LogP contribution in [0.5, 0.6) is 0 Å². The van der Waals surface area contributed by atoms with Gasteiger partial charge in [0.25, 0.3) is 11.8 Å². The Morgan fingerprint density at radius 1 is 0.886 bits per heavy atom. The molecule has 0 bridgehead atoms. The normalized spacial score (nSPS) is 20.0. The molecule has 0 spiro atoms. The summed E-state index contributed by atoms with van der Waals surface area (Å²) < 4.78 is 71.8. The van der Waals surface area contributed by atoms with Gasteiger partial charge in [0.1, 0.15) is 18.2 Å². The molecule has 2 heterocycles. The fourth-order valence-electron chi connectivity index (χ4n) is 5.20. The maximum Gasteiger partial charge on any atom is 0.456 e. The second-order valence-electron chi connectivity index (χ2n) is 11.7. The Morgan fingerprint density at radius 3 is 1.98 bits per heavy atom. The Labute approximate surface area is 252 Å². The van der Waals surface area contributed by atoms with Crippen molar-refractivity contribution in [2.45, 2.75) is 76.9 Å². The minimum atomic E-state index is -6.04. The van der Waals surface area contributed by atoms with E-state index >= 15 is 0 Å². The van der Waals surface area contributed by atoms with Crippen LogP contribution in [0.4, 0.5) is 22.0 Å². The summed E-state index contributed by atoms with van der Waals surface area (Å²) in [7, 11) is 0. The second kappa shape index (κ2) is 14.2. The average Bonchev–Trinajstić information content (AvgIpc) is 3.47. The SMILES string of the molecule is CC(C)[C@H](NC(=O)c1ccc(C(=O)N2CCOCC2)cc1)C(=O)N1CCC[C@H]1C(=O)N[C@@H](C(C)C)[C@H](O)C(F)(F)C(F)(F)F. The van der Waals surface area contributed by atoms with Crippen molar-refractivity contribution in [3.05, 3.63) is 35.4 Å². The molecule has 2 aliphatic heterocycles. The molecule has 0 saturated carbocycles. The van der Waals surface area contributed by atoms with Crippen molar-refractivity contribution in [3.8, 4) is 0 Å². The number of aliphatic hydroxyl groups is 1. The van der Waals surface area contributed by atoms with Crippen LogP contribution in [-0.4, -0.2) is 108 Å². The number of alkyl halides is 5. The lowest BCUT2D eigenvalue weighted by molar-refractivity contribution is -0.317. The van der Waals surface area contributed by atoms with Crippen molar-refractivity contribution in [2.24, 2.45) is 11.8 Å². The number of hydrogen-bond acceptors (Lipinski definition) is 6. The number of nitrogens with one attached hydrogen (secondary N) is 2. The number of ether oxygens (including phenoxy) is 1. The summed E-state index contributed by atoms with van der Waals surface area (Å²) in [5.41, 5.74) is 0.556. The Morgan fingerprint density at radius 2 is 1.45 bits per heavy atom. The van der Waals surface area contributed by atoms with E-state index in [9.17, 15) is 46.2 Å². The van der Waals surface area contributed by atoms with Crippen LogP contribution in [0.25, 0.3) is 0 Å². The first kappa shape index (κ1) is 35.2. The van der Waals surface area contributed by atoms with E-state index in [4.69, 9.17) is 4.74 Å². The summed E-state index contributed by atoms with van der Waals surface area (Å²) in [6.07, 6.45) is -8.85. The van der Waals surface area contributed by atoms with Gasteiger partial charge in [0.05, 0.1) is 19.3 Å². The van der Waals surface area contributed by atoms with E-state index in [1.54, 1.807) is 18.7 Å². The van der Waals surface area contributed by atoms with Gasteiger partial charge in [-0.05, 0) is 48.9 Å². The van der Waals surface area contributed by atoms with Crippen LogP contribution >= 0.6 is 0 Å². The smallest absolute Gasteiger partial charge is 0.384 e. The van der Waals surface area contributed by atoms with Gasteiger partial charge in [-0.2, -0.15) is 22.0 Å². The third kappa shape index (κ3) is 7.84. The molecule has 44 heavy (non-hydrogen) atoms. The molecule has 10 nitrogen and oxygen atoms in total. The molecule has 3 N–H and O–H groups in total. The van der Waals surface area contributed by atoms with Gasteiger partial charge in [-0.3, -0.25) is 19.2 Å². The minimum absolute atomic E-state index is 0.0853. The molecule has 246 valence electrons. The third-order valence-electron chi connectivity index (χ3n) is 7.87. The van der Waals surface area contributed by atoms with E-state index in [2.05, 4.69) is 10.6 Å². The van der Waals surface area contributed by atoms with Crippen LogP contribution in [0.3, 0.4) is 0 Å². The highest BCUT2D eigenvalue weighted by Crippen LogP contribution is 2.40. The standard InChI is InChI=1S/C29H39F5N4O6/c1-16(2)21(23(39)28(30,31)29(32,33)34)35-25(41)20-6-5-11-38(20)27(43)22(17(3)4)36-24(40)18-7-9-19(10-8-18)26(42)37-12-14-44-15-13-37/h7-10,16-17,20-23,39H,5-6,11-15H2,1-4H3,(H,35,41)(H,36,40)/t20-,21-,22-,23-/m0/s1. The Hall–Kier alpha value is -3.33. The highest BCUT2D eigenvalue weighted by Gasteiger charge is 2.64. The van der Waals surface area contributed by atoms with Crippen LogP contribution in [0.15, 0.2) is 24.3 Å². The van der Waals surface area contributed by atoms with Crippen LogP contribution in [0.1, 0.15) is 61.3 Å². The molecule has 4 atom stereocenters. The monoisotopic (exact) mass is 634 g/mol. The summed E-state index contributed by atoms with van der Waals surface area (Å²) in [4.78, 5) is 55.3. The summed E-state index contributed by atoms with van der Waals surface area (Å²) in [5, 5.41) is 14.7. The summed E-state index contributed by atoms with van der Waals surface area (Å²) in [6.45, 7) is 7.74. The number of carbonyl (C=O) groups excluding carboxylic acids is 4. The molecule has 2 fully saturated rings. The molecule has 1 aromatic carbocycles. The van der Waals surface area contributed by atoms with Crippen molar-refractivity contribution in [3.63, 3.8) is 0 Å². The first-order valence-electron chi connectivity index (χ1n) is 14.5. The fourth-order valence-corrected chi connectivity index (χ4v) is 5.20. The number of rotatable bonds is 10. The largest absolute Gasteiger partial charge is 0.456 e. The molecule has 0 radical (unpaired) electrons. The first-order valence-corrected chi connectivity index (χ1v) is 14.5. The van der Waals surface area contributed by atoms with E-state index in [1.807, 2.05) is 0 Å². The molecule has 2 aliphatic rings. The lowest BCUT2D eigenvalue weighted by Gasteiger charge is -2.35. The summed E-state index contributed by atoms with van der Waals surface area (Å²) in [5.74, 6) is -9.38. The zero-order chi connectivity index (χ0) is 33.0. The quantitative estimate of drug-likeness (QED) is 0.340. The maximum atomic E-state index is 13.9. The zero-order valence-electron chi connectivity index (χ0n) is 25.0. The zero-order valence-corrected chi connectivity index (χ0v) is 25.0. The first-order chi connectivity index (χ1) is 20.5. The highest BCUT2D eigenvalue weighted by molar-refractivity contribution is 6.00. The highest BCUT2D eigenvalue weighted by atomic mass is 19.4. The predicted octanol–water partition coefficient (Wildman–Crippen LogP) is 2.60. The average molecular weight is 635 g/mol. The molecule has 3 rings (SSSR count). The number of amides is 4. The number of morpholine rings is 1. The van der Waals surface area contributed by atoms with Gasteiger partial charge in [0, 0.05) is 30.8 Å². The van der Waals surface area contributed by atoms with Gasteiger partial charge >= 0.3 is 12.1 Å². The van der Waals surface area contributed by atoms with Crippen molar-refractivity contribution in [1.82, 2.24) is 20.4 Å². The van der Waals surface area contributed by atoms with Crippen molar-refractivity contribution in [2.75, 3.05) is 32.8 Å². The van der Waals surface area contributed by atoms with Gasteiger partial charge in [0.2, 0.25) is 11.8 Å². The Kier molecular flexibility index (Phi) is 11.3. The second-order valence-corrected chi connectivity index (χ2v) is 11.7. The number of likely N-dealkylation sites (tertiary alicyclic amines) is 1. The lowest BCUT2D eigenvalue weighted by Crippen LogP contribution is -2.61. The molecule has 4 amide bonds. The number of benzene rings is 1. The van der Waals surface area contributed by atoms with Gasteiger partial charge in [-0.15, -0.1) is 0 Å².